The number of thioether (sulfide) groups is 1. The van der Waals surface area contributed by atoms with Gasteiger partial charge in [0.25, 0.3) is 0 Å². The second kappa shape index (κ2) is 8.62. The van der Waals surface area contributed by atoms with Gasteiger partial charge in [-0.15, -0.1) is 5.10 Å². The fourth-order valence-corrected chi connectivity index (χ4v) is 3.34. The van der Waals surface area contributed by atoms with E-state index >= 15 is 0 Å². The predicted molar refractivity (Wildman–Crippen MR) is 103 cm³/mol. The molecule has 2 aromatic carbocycles. The summed E-state index contributed by atoms with van der Waals surface area (Å²) in [6, 6.07) is 16.0. The first kappa shape index (κ1) is 18.1. The second-order valence-corrected chi connectivity index (χ2v) is 6.85. The Morgan fingerprint density at radius 3 is 2.73 bits per heavy atom. The molecule has 3 rings (SSSR count). The number of carbonyl (C=O) groups is 1. The van der Waals surface area contributed by atoms with Crippen LogP contribution in [0.5, 0.6) is 0 Å². The molecule has 7 heteroatoms. The standard InChI is InChI=1S/C19H21N5OS/c1-3-16-11-7-8-14(2)18(16)20-17(25)13-26-19-21-22-23-24(19)12-15-9-5-4-6-10-15/h4-11H,3,12-13H2,1-2H3,(H,20,25). The van der Waals surface area contributed by atoms with E-state index in [0.29, 0.717) is 11.7 Å². The van der Waals surface area contributed by atoms with Crippen LogP contribution < -0.4 is 5.32 Å². The number of hydrogen-bond acceptors (Lipinski definition) is 5. The number of benzene rings is 2. The van der Waals surface area contributed by atoms with Crippen molar-refractivity contribution >= 4 is 23.4 Å². The molecule has 134 valence electrons. The molecule has 1 amide bonds. The maximum absolute atomic E-state index is 12.4. The monoisotopic (exact) mass is 367 g/mol. The molecule has 0 aliphatic heterocycles. The van der Waals surface area contributed by atoms with Crippen LogP contribution in [-0.4, -0.2) is 31.9 Å². The molecule has 0 aliphatic carbocycles. The number of carbonyl (C=O) groups excluding carboxylic acids is 1. The van der Waals surface area contributed by atoms with Crippen LogP contribution in [0.1, 0.15) is 23.6 Å². The van der Waals surface area contributed by atoms with E-state index < -0.39 is 0 Å². The van der Waals surface area contributed by atoms with Crippen molar-refractivity contribution in [3.63, 3.8) is 0 Å². The fourth-order valence-electron chi connectivity index (χ4n) is 2.66. The first-order valence-electron chi connectivity index (χ1n) is 8.48. The van der Waals surface area contributed by atoms with Gasteiger partial charge in [0.1, 0.15) is 0 Å². The van der Waals surface area contributed by atoms with Crippen molar-refractivity contribution in [1.29, 1.82) is 0 Å². The minimum atomic E-state index is -0.0618. The number of aryl methyl sites for hydroxylation is 2. The molecule has 0 aliphatic rings. The van der Waals surface area contributed by atoms with Crippen molar-refractivity contribution in [2.24, 2.45) is 0 Å². The number of tetrazole rings is 1. The van der Waals surface area contributed by atoms with Gasteiger partial charge in [-0.2, -0.15) is 0 Å². The Morgan fingerprint density at radius 2 is 1.96 bits per heavy atom. The Hall–Kier alpha value is -2.67. The number of hydrogen-bond donors (Lipinski definition) is 1. The van der Waals surface area contributed by atoms with Crippen LogP contribution in [0.2, 0.25) is 0 Å². The van der Waals surface area contributed by atoms with Crippen molar-refractivity contribution < 1.29 is 4.79 Å². The van der Waals surface area contributed by atoms with Crippen molar-refractivity contribution in [2.75, 3.05) is 11.1 Å². The summed E-state index contributed by atoms with van der Waals surface area (Å²) in [5.74, 6) is 0.195. The molecule has 0 radical (unpaired) electrons. The quantitative estimate of drug-likeness (QED) is 0.649. The molecule has 1 heterocycles. The van der Waals surface area contributed by atoms with Crippen molar-refractivity contribution in [3.05, 3.63) is 65.2 Å². The summed E-state index contributed by atoms with van der Waals surface area (Å²) in [4.78, 5) is 12.4. The maximum atomic E-state index is 12.4. The van der Waals surface area contributed by atoms with Crippen molar-refractivity contribution in [3.8, 4) is 0 Å². The molecule has 6 nitrogen and oxygen atoms in total. The van der Waals surface area contributed by atoms with Crippen LogP contribution in [-0.2, 0) is 17.8 Å². The van der Waals surface area contributed by atoms with Crippen molar-refractivity contribution in [2.45, 2.75) is 32.0 Å². The number of para-hydroxylation sites is 1. The Labute approximate surface area is 157 Å². The summed E-state index contributed by atoms with van der Waals surface area (Å²) < 4.78 is 1.71. The third-order valence-corrected chi connectivity index (χ3v) is 4.97. The minimum absolute atomic E-state index is 0.0618. The van der Waals surface area contributed by atoms with Gasteiger partial charge < -0.3 is 5.32 Å². The molecular formula is C19H21N5OS. The van der Waals surface area contributed by atoms with E-state index in [0.717, 1.165) is 28.8 Å². The molecule has 0 unspecified atom stereocenters. The van der Waals surface area contributed by atoms with Gasteiger partial charge in [-0.05, 0) is 40.5 Å². The van der Waals surface area contributed by atoms with Gasteiger partial charge in [0.2, 0.25) is 11.1 Å². The van der Waals surface area contributed by atoms with Crippen LogP contribution in [0.3, 0.4) is 0 Å². The molecule has 0 bridgehead atoms. The lowest BCUT2D eigenvalue weighted by atomic mass is 10.1. The lowest BCUT2D eigenvalue weighted by Gasteiger charge is -2.12. The molecule has 3 aromatic rings. The van der Waals surface area contributed by atoms with Gasteiger partial charge in [-0.1, -0.05) is 67.2 Å². The summed E-state index contributed by atoms with van der Waals surface area (Å²) in [5, 5.41) is 15.4. The molecule has 0 saturated carbocycles. The maximum Gasteiger partial charge on any atom is 0.234 e. The summed E-state index contributed by atoms with van der Waals surface area (Å²) in [6.07, 6.45) is 0.875. The van der Waals surface area contributed by atoms with Gasteiger partial charge in [-0.3, -0.25) is 4.79 Å². The van der Waals surface area contributed by atoms with Gasteiger partial charge >= 0.3 is 0 Å². The van der Waals surface area contributed by atoms with Crippen LogP contribution in [0.15, 0.2) is 53.7 Å². The summed E-state index contributed by atoms with van der Waals surface area (Å²) in [5.41, 5.74) is 4.22. The van der Waals surface area contributed by atoms with Crippen LogP contribution in [0.25, 0.3) is 0 Å². The third kappa shape index (κ3) is 4.49. The summed E-state index contributed by atoms with van der Waals surface area (Å²) >= 11 is 1.33. The fraction of sp³-hybridized carbons (Fsp3) is 0.263. The van der Waals surface area contributed by atoms with Crippen molar-refractivity contribution in [1.82, 2.24) is 20.2 Å². The first-order chi connectivity index (χ1) is 12.7. The van der Waals surface area contributed by atoms with E-state index in [9.17, 15) is 4.79 Å². The molecule has 0 saturated heterocycles. The van der Waals surface area contributed by atoms with E-state index in [-0.39, 0.29) is 11.7 Å². The average Bonchev–Trinajstić information content (AvgIpc) is 3.09. The van der Waals surface area contributed by atoms with E-state index in [1.165, 1.54) is 11.8 Å². The molecular weight excluding hydrogens is 346 g/mol. The number of aromatic nitrogens is 4. The van der Waals surface area contributed by atoms with Crippen LogP contribution >= 0.6 is 11.8 Å². The molecule has 1 N–H and O–H groups in total. The highest BCUT2D eigenvalue weighted by molar-refractivity contribution is 7.99. The zero-order chi connectivity index (χ0) is 18.4. The smallest absolute Gasteiger partial charge is 0.234 e. The molecule has 0 spiro atoms. The van der Waals surface area contributed by atoms with Gasteiger partial charge in [0.05, 0.1) is 12.3 Å². The zero-order valence-corrected chi connectivity index (χ0v) is 15.7. The molecule has 0 fully saturated rings. The highest BCUT2D eigenvalue weighted by Crippen LogP contribution is 2.22. The van der Waals surface area contributed by atoms with Gasteiger partial charge in [0, 0.05) is 5.69 Å². The van der Waals surface area contributed by atoms with E-state index in [4.69, 9.17) is 0 Å². The number of nitrogens with zero attached hydrogens (tertiary/aromatic N) is 4. The van der Waals surface area contributed by atoms with Gasteiger partial charge in [0.15, 0.2) is 0 Å². The normalized spacial score (nSPS) is 10.7. The highest BCUT2D eigenvalue weighted by Gasteiger charge is 2.12. The lowest BCUT2D eigenvalue weighted by molar-refractivity contribution is -0.113. The zero-order valence-electron chi connectivity index (χ0n) is 14.8. The summed E-state index contributed by atoms with van der Waals surface area (Å²) in [6.45, 7) is 4.66. The second-order valence-electron chi connectivity index (χ2n) is 5.90. The molecule has 26 heavy (non-hydrogen) atoms. The Morgan fingerprint density at radius 1 is 1.15 bits per heavy atom. The third-order valence-electron chi connectivity index (χ3n) is 4.01. The summed E-state index contributed by atoms with van der Waals surface area (Å²) in [7, 11) is 0. The predicted octanol–water partition coefficient (Wildman–Crippen LogP) is 3.32. The number of amides is 1. The Bertz CT molecular complexity index is 879. The first-order valence-corrected chi connectivity index (χ1v) is 9.47. The highest BCUT2D eigenvalue weighted by atomic mass is 32.2. The number of nitrogens with one attached hydrogen (secondary N) is 1. The van der Waals surface area contributed by atoms with Gasteiger partial charge in [-0.25, -0.2) is 4.68 Å². The number of anilines is 1. The average molecular weight is 367 g/mol. The molecule has 1 aromatic heterocycles. The lowest BCUT2D eigenvalue weighted by Crippen LogP contribution is -2.17. The minimum Gasteiger partial charge on any atom is -0.325 e. The van der Waals surface area contributed by atoms with E-state index in [2.05, 4.69) is 27.8 Å². The van der Waals surface area contributed by atoms with E-state index in [1.807, 2.05) is 55.5 Å². The van der Waals surface area contributed by atoms with Crippen LogP contribution in [0, 0.1) is 6.92 Å². The largest absolute Gasteiger partial charge is 0.325 e. The molecule has 0 atom stereocenters. The SMILES string of the molecule is CCc1cccc(C)c1NC(=O)CSc1nnnn1Cc1ccccc1. The van der Waals surface area contributed by atoms with E-state index in [1.54, 1.807) is 4.68 Å². The van der Waals surface area contributed by atoms with Crippen LogP contribution in [0.4, 0.5) is 5.69 Å². The topological polar surface area (TPSA) is 72.7 Å². The Kier molecular flexibility index (Phi) is 6.01. The Balaban J connectivity index is 1.62. The number of rotatable bonds is 7.